The highest BCUT2D eigenvalue weighted by Crippen LogP contribution is 2.26. The Kier molecular flexibility index (Phi) is 4.90. The lowest BCUT2D eigenvalue weighted by molar-refractivity contribution is 0.194. The first-order valence-corrected chi connectivity index (χ1v) is 9.67. The van der Waals surface area contributed by atoms with Gasteiger partial charge in [-0.2, -0.15) is 0 Å². The van der Waals surface area contributed by atoms with Crippen molar-refractivity contribution in [2.45, 2.75) is 32.7 Å². The number of urea groups is 1. The molecule has 1 aliphatic rings. The van der Waals surface area contributed by atoms with Crippen LogP contribution in [0.3, 0.4) is 0 Å². The van der Waals surface area contributed by atoms with Gasteiger partial charge >= 0.3 is 6.03 Å². The van der Waals surface area contributed by atoms with E-state index in [0.717, 1.165) is 59.6 Å². The van der Waals surface area contributed by atoms with E-state index in [1.807, 2.05) is 43.1 Å². The zero-order chi connectivity index (χ0) is 19.7. The Bertz CT molecular complexity index is 989. The minimum atomic E-state index is -0.0233. The van der Waals surface area contributed by atoms with Gasteiger partial charge in [0.2, 0.25) is 0 Å². The molecule has 3 heterocycles. The number of H-pyrrole nitrogens is 1. The van der Waals surface area contributed by atoms with Crippen molar-refractivity contribution in [3.8, 4) is 0 Å². The smallest absolute Gasteiger partial charge is 0.321 e. The van der Waals surface area contributed by atoms with Crippen LogP contribution in [0.2, 0.25) is 0 Å². The van der Waals surface area contributed by atoms with Crippen molar-refractivity contribution in [1.29, 1.82) is 0 Å². The number of aromatic nitrogens is 3. The second-order valence-electron chi connectivity index (χ2n) is 7.51. The van der Waals surface area contributed by atoms with E-state index in [9.17, 15) is 4.79 Å². The predicted molar refractivity (Wildman–Crippen MR) is 112 cm³/mol. The third-order valence-electron chi connectivity index (χ3n) is 5.60. The molecule has 0 atom stereocenters. The lowest BCUT2D eigenvalue weighted by atomic mass is 10.0. The van der Waals surface area contributed by atoms with Gasteiger partial charge in [-0.3, -0.25) is 0 Å². The van der Waals surface area contributed by atoms with Crippen LogP contribution >= 0.6 is 0 Å². The topological polar surface area (TPSA) is 77.2 Å². The lowest BCUT2D eigenvalue weighted by Gasteiger charge is -2.37. The second kappa shape index (κ2) is 7.50. The first-order valence-electron chi connectivity index (χ1n) is 9.67. The molecule has 28 heavy (non-hydrogen) atoms. The van der Waals surface area contributed by atoms with Crippen LogP contribution in [0.15, 0.2) is 36.8 Å². The molecule has 0 saturated carbocycles. The number of aromatic amines is 1. The maximum absolute atomic E-state index is 12.7. The van der Waals surface area contributed by atoms with E-state index >= 15 is 0 Å². The molecule has 0 unspecified atom stereocenters. The van der Waals surface area contributed by atoms with Gasteiger partial charge in [0.1, 0.15) is 17.8 Å². The summed E-state index contributed by atoms with van der Waals surface area (Å²) in [6.07, 6.45) is 5.30. The molecule has 2 N–H and O–H groups in total. The third kappa shape index (κ3) is 3.52. The summed E-state index contributed by atoms with van der Waals surface area (Å²) >= 11 is 0. The van der Waals surface area contributed by atoms with Crippen molar-refractivity contribution in [3.63, 3.8) is 0 Å². The number of likely N-dealkylation sites (tertiary alicyclic amines) is 1. The van der Waals surface area contributed by atoms with Gasteiger partial charge in [-0.05, 0) is 49.9 Å². The Morgan fingerprint density at radius 2 is 2.00 bits per heavy atom. The van der Waals surface area contributed by atoms with Gasteiger partial charge in [0.25, 0.3) is 0 Å². The molecule has 7 nitrogen and oxygen atoms in total. The number of hydrogen-bond acceptors (Lipinski definition) is 4. The summed E-state index contributed by atoms with van der Waals surface area (Å²) in [4.78, 5) is 28.7. The molecule has 1 fully saturated rings. The van der Waals surface area contributed by atoms with Crippen molar-refractivity contribution in [1.82, 2.24) is 19.9 Å². The molecule has 0 aliphatic carbocycles. The maximum Gasteiger partial charge on any atom is 0.321 e. The number of piperidine rings is 1. The minimum absolute atomic E-state index is 0.0233. The molecule has 7 heteroatoms. The molecule has 2 amide bonds. The third-order valence-corrected chi connectivity index (χ3v) is 5.60. The molecule has 0 radical (unpaired) electrons. The van der Waals surface area contributed by atoms with Crippen LogP contribution < -0.4 is 10.2 Å². The SMILES string of the molecule is Cc1ccc(C)c(NC(=O)N2CCC(N(C)c3ncnc4[nH]ccc34)CC2)c1. The summed E-state index contributed by atoms with van der Waals surface area (Å²) in [6.45, 7) is 5.50. The van der Waals surface area contributed by atoms with E-state index < -0.39 is 0 Å². The van der Waals surface area contributed by atoms with E-state index in [4.69, 9.17) is 0 Å². The van der Waals surface area contributed by atoms with Gasteiger partial charge < -0.3 is 20.1 Å². The molecule has 146 valence electrons. The van der Waals surface area contributed by atoms with Crippen LogP contribution in [0.25, 0.3) is 11.0 Å². The number of hydrogen-bond donors (Lipinski definition) is 2. The van der Waals surface area contributed by atoms with Crippen LogP contribution in [-0.4, -0.2) is 52.1 Å². The normalized spacial score (nSPS) is 15.0. The molecule has 0 spiro atoms. The molecule has 1 aliphatic heterocycles. The number of nitrogens with zero attached hydrogens (tertiary/aromatic N) is 4. The van der Waals surface area contributed by atoms with Crippen LogP contribution in [-0.2, 0) is 0 Å². The van der Waals surface area contributed by atoms with Crippen LogP contribution in [0.1, 0.15) is 24.0 Å². The number of anilines is 2. The van der Waals surface area contributed by atoms with Gasteiger partial charge in [0.05, 0.1) is 5.39 Å². The Labute approximate surface area is 164 Å². The van der Waals surface area contributed by atoms with Gasteiger partial charge in [-0.25, -0.2) is 14.8 Å². The van der Waals surface area contributed by atoms with Crippen molar-refractivity contribution in [2.24, 2.45) is 0 Å². The monoisotopic (exact) mass is 378 g/mol. The van der Waals surface area contributed by atoms with Crippen molar-refractivity contribution in [2.75, 3.05) is 30.4 Å². The van der Waals surface area contributed by atoms with Crippen LogP contribution in [0.4, 0.5) is 16.3 Å². The number of carbonyl (C=O) groups is 1. The average molecular weight is 378 g/mol. The molecule has 1 aromatic carbocycles. The Balaban J connectivity index is 1.39. The quantitative estimate of drug-likeness (QED) is 0.728. The van der Waals surface area contributed by atoms with E-state index in [2.05, 4.69) is 38.3 Å². The maximum atomic E-state index is 12.7. The number of fused-ring (bicyclic) bond motifs is 1. The Morgan fingerprint density at radius 1 is 1.21 bits per heavy atom. The predicted octanol–water partition coefficient (Wildman–Crippen LogP) is 3.71. The van der Waals surface area contributed by atoms with Gasteiger partial charge in [-0.15, -0.1) is 0 Å². The van der Waals surface area contributed by atoms with E-state index in [1.165, 1.54) is 0 Å². The molecule has 3 aromatic rings. The van der Waals surface area contributed by atoms with Crippen molar-refractivity contribution >= 4 is 28.6 Å². The molecule has 1 saturated heterocycles. The number of nitrogens with one attached hydrogen (secondary N) is 2. The number of amides is 2. The Hall–Kier alpha value is -3.09. The summed E-state index contributed by atoms with van der Waals surface area (Å²) in [5, 5.41) is 4.09. The van der Waals surface area contributed by atoms with Gasteiger partial charge in [0, 0.05) is 38.1 Å². The Morgan fingerprint density at radius 3 is 2.79 bits per heavy atom. The molecule has 0 bridgehead atoms. The fraction of sp³-hybridized carbons (Fsp3) is 0.381. The van der Waals surface area contributed by atoms with Crippen molar-refractivity contribution < 1.29 is 4.79 Å². The van der Waals surface area contributed by atoms with E-state index in [0.29, 0.717) is 6.04 Å². The van der Waals surface area contributed by atoms with Crippen LogP contribution in [0, 0.1) is 13.8 Å². The highest BCUT2D eigenvalue weighted by molar-refractivity contribution is 5.90. The standard InChI is InChI=1S/C21H26N6O/c1-14-4-5-15(2)18(12-14)25-21(28)27-10-7-16(8-11-27)26(3)20-17-6-9-22-19(17)23-13-24-20/h4-6,9,12-13,16H,7-8,10-11H2,1-3H3,(H,25,28)(H,22,23,24). The number of aryl methyl sites for hydroxylation is 2. The first kappa shape index (κ1) is 18.3. The average Bonchev–Trinajstić information content (AvgIpc) is 3.19. The first-order chi connectivity index (χ1) is 13.5. The zero-order valence-corrected chi connectivity index (χ0v) is 16.6. The molecule has 2 aromatic heterocycles. The summed E-state index contributed by atoms with van der Waals surface area (Å²) < 4.78 is 0. The van der Waals surface area contributed by atoms with E-state index in [1.54, 1.807) is 6.33 Å². The minimum Gasteiger partial charge on any atom is -0.356 e. The fourth-order valence-electron chi connectivity index (χ4n) is 3.83. The summed E-state index contributed by atoms with van der Waals surface area (Å²) in [5.41, 5.74) is 3.96. The fourth-order valence-corrected chi connectivity index (χ4v) is 3.83. The van der Waals surface area contributed by atoms with Crippen LogP contribution in [0.5, 0.6) is 0 Å². The number of carbonyl (C=O) groups excluding carboxylic acids is 1. The number of benzene rings is 1. The molecular weight excluding hydrogens is 352 g/mol. The second-order valence-corrected chi connectivity index (χ2v) is 7.51. The van der Waals surface area contributed by atoms with Gasteiger partial charge in [0.15, 0.2) is 0 Å². The summed E-state index contributed by atoms with van der Waals surface area (Å²) in [7, 11) is 2.07. The largest absolute Gasteiger partial charge is 0.356 e. The lowest BCUT2D eigenvalue weighted by Crippen LogP contribution is -2.47. The van der Waals surface area contributed by atoms with Gasteiger partial charge in [-0.1, -0.05) is 12.1 Å². The summed E-state index contributed by atoms with van der Waals surface area (Å²) in [5.74, 6) is 0.935. The summed E-state index contributed by atoms with van der Waals surface area (Å²) in [6, 6.07) is 8.44. The highest BCUT2D eigenvalue weighted by atomic mass is 16.2. The molecule has 4 rings (SSSR count). The van der Waals surface area contributed by atoms with E-state index in [-0.39, 0.29) is 6.03 Å². The molecular formula is C21H26N6O. The number of rotatable bonds is 3. The van der Waals surface area contributed by atoms with Crippen molar-refractivity contribution in [3.05, 3.63) is 47.9 Å². The highest BCUT2D eigenvalue weighted by Gasteiger charge is 2.27. The zero-order valence-electron chi connectivity index (χ0n) is 16.6.